The highest BCUT2D eigenvalue weighted by Crippen LogP contribution is 2.23. The summed E-state index contributed by atoms with van der Waals surface area (Å²) in [7, 11) is -2.28. The molecular formula is C28H29N5O3S. The molecule has 2 N–H and O–H groups in total. The van der Waals surface area contributed by atoms with Gasteiger partial charge in [-0.25, -0.2) is 0 Å². The van der Waals surface area contributed by atoms with Gasteiger partial charge in [-0.2, -0.15) is 13.5 Å². The van der Waals surface area contributed by atoms with Crippen molar-refractivity contribution in [2.75, 3.05) is 24.4 Å². The second-order valence-electron chi connectivity index (χ2n) is 9.11. The Hall–Kier alpha value is -3.95. The van der Waals surface area contributed by atoms with Crippen LogP contribution in [0.1, 0.15) is 33.1 Å². The summed E-state index contributed by atoms with van der Waals surface area (Å²) in [5, 5.41) is 7.76. The molecule has 3 aromatic carbocycles. The van der Waals surface area contributed by atoms with Crippen LogP contribution in [0.3, 0.4) is 0 Å². The average molecular weight is 516 g/mol. The number of nitrogens with one attached hydrogen (secondary N) is 2. The highest BCUT2D eigenvalue weighted by Gasteiger charge is 2.26. The fourth-order valence-corrected chi connectivity index (χ4v) is 6.07. The predicted molar refractivity (Wildman–Crippen MR) is 143 cm³/mol. The van der Waals surface area contributed by atoms with E-state index >= 15 is 0 Å². The van der Waals surface area contributed by atoms with Gasteiger partial charge in [0.25, 0.3) is 15.9 Å². The van der Waals surface area contributed by atoms with Crippen LogP contribution in [0, 0.1) is 0 Å². The Labute approximate surface area is 217 Å². The maximum Gasteiger partial charge on any atom is 0.279 e. The van der Waals surface area contributed by atoms with E-state index in [1.54, 1.807) is 37.5 Å². The quantitative estimate of drug-likeness (QED) is 0.392. The van der Waals surface area contributed by atoms with E-state index in [-0.39, 0.29) is 17.0 Å². The van der Waals surface area contributed by atoms with Crippen molar-refractivity contribution in [1.82, 2.24) is 20.0 Å². The monoisotopic (exact) mass is 515 g/mol. The van der Waals surface area contributed by atoms with Crippen molar-refractivity contribution in [2.45, 2.75) is 17.5 Å². The van der Waals surface area contributed by atoms with Gasteiger partial charge in [0.2, 0.25) is 0 Å². The van der Waals surface area contributed by atoms with Gasteiger partial charge >= 0.3 is 0 Å². The van der Waals surface area contributed by atoms with Gasteiger partial charge in [-0.05, 0) is 35.4 Å². The van der Waals surface area contributed by atoms with Crippen molar-refractivity contribution >= 4 is 21.6 Å². The third-order valence-electron chi connectivity index (χ3n) is 6.50. The molecule has 0 saturated carbocycles. The number of amides is 1. The summed E-state index contributed by atoms with van der Waals surface area (Å²) in [4.78, 5) is 15.0. The molecule has 0 aliphatic carbocycles. The lowest BCUT2D eigenvalue weighted by Crippen LogP contribution is -2.48. The maximum absolute atomic E-state index is 13.3. The van der Waals surface area contributed by atoms with Gasteiger partial charge < -0.3 is 10.2 Å². The highest BCUT2D eigenvalue weighted by atomic mass is 32.2. The molecular weight excluding hydrogens is 486 g/mol. The zero-order valence-corrected chi connectivity index (χ0v) is 21.4. The number of carbonyl (C=O) groups excluding carboxylic acids is 1. The molecule has 0 radical (unpaired) electrons. The van der Waals surface area contributed by atoms with E-state index in [1.807, 2.05) is 53.4 Å². The van der Waals surface area contributed by atoms with Crippen LogP contribution in [0.25, 0.3) is 0 Å². The molecule has 8 nitrogen and oxygen atoms in total. The molecule has 1 aromatic heterocycles. The largest absolute Gasteiger partial charge is 0.335 e. The number of rotatable bonds is 7. The van der Waals surface area contributed by atoms with Crippen LogP contribution in [0.15, 0.2) is 96.2 Å². The summed E-state index contributed by atoms with van der Waals surface area (Å²) >= 11 is 0. The lowest BCUT2D eigenvalue weighted by atomic mass is 10.0. The van der Waals surface area contributed by atoms with Crippen molar-refractivity contribution in [3.05, 3.63) is 113 Å². The zero-order chi connectivity index (χ0) is 25.8. The Morgan fingerprint density at radius 1 is 1.00 bits per heavy atom. The Morgan fingerprint density at radius 3 is 2.38 bits per heavy atom. The van der Waals surface area contributed by atoms with Gasteiger partial charge in [0, 0.05) is 56.0 Å². The minimum atomic E-state index is -3.90. The first-order valence-electron chi connectivity index (χ1n) is 12.2. The van der Waals surface area contributed by atoms with Crippen molar-refractivity contribution in [3.63, 3.8) is 0 Å². The number of piperazine rings is 1. The summed E-state index contributed by atoms with van der Waals surface area (Å²) < 4.78 is 30.6. The fraction of sp³-hybridized carbons (Fsp3) is 0.214. The van der Waals surface area contributed by atoms with Crippen LogP contribution in [-0.4, -0.2) is 48.6 Å². The Kier molecular flexibility index (Phi) is 7.07. The normalized spacial score (nSPS) is 15.9. The van der Waals surface area contributed by atoms with E-state index in [0.29, 0.717) is 42.9 Å². The lowest BCUT2D eigenvalue weighted by Gasteiger charge is -2.34. The molecule has 1 unspecified atom stereocenters. The number of hydrogen-bond acceptors (Lipinski definition) is 5. The summed E-state index contributed by atoms with van der Waals surface area (Å²) in [6, 6.07) is 26.4. The van der Waals surface area contributed by atoms with Gasteiger partial charge in [0.05, 0.1) is 6.20 Å². The molecule has 1 amide bonds. The Morgan fingerprint density at radius 2 is 1.68 bits per heavy atom. The number of nitrogens with zero attached hydrogens (tertiary/aromatic N) is 3. The number of benzene rings is 3. The highest BCUT2D eigenvalue weighted by molar-refractivity contribution is 7.92. The van der Waals surface area contributed by atoms with E-state index in [9.17, 15) is 13.2 Å². The minimum absolute atomic E-state index is 0.0754. The van der Waals surface area contributed by atoms with Crippen molar-refractivity contribution < 1.29 is 13.2 Å². The Bertz CT molecular complexity index is 1470. The van der Waals surface area contributed by atoms with Crippen LogP contribution in [0.5, 0.6) is 0 Å². The molecule has 1 aliphatic heterocycles. The fourth-order valence-electron chi connectivity index (χ4n) is 4.67. The molecule has 5 rings (SSSR count). The number of anilines is 1. The van der Waals surface area contributed by atoms with Gasteiger partial charge in [0.15, 0.2) is 5.03 Å². The van der Waals surface area contributed by atoms with Crippen molar-refractivity contribution in [2.24, 2.45) is 7.05 Å². The van der Waals surface area contributed by atoms with E-state index in [0.717, 1.165) is 11.1 Å². The predicted octanol–water partition coefficient (Wildman–Crippen LogP) is 3.60. The third kappa shape index (κ3) is 5.58. The van der Waals surface area contributed by atoms with Gasteiger partial charge in [-0.1, -0.05) is 60.7 Å². The number of hydrogen-bond donors (Lipinski definition) is 2. The second kappa shape index (κ2) is 10.6. The van der Waals surface area contributed by atoms with E-state index in [4.69, 9.17) is 0 Å². The average Bonchev–Trinajstić information content (AvgIpc) is 3.30. The van der Waals surface area contributed by atoms with Crippen LogP contribution in [0.2, 0.25) is 0 Å². The van der Waals surface area contributed by atoms with Crippen molar-refractivity contribution in [3.8, 4) is 0 Å². The lowest BCUT2D eigenvalue weighted by molar-refractivity contribution is 0.0703. The molecule has 1 saturated heterocycles. The van der Waals surface area contributed by atoms with E-state index in [2.05, 4.69) is 27.3 Å². The van der Waals surface area contributed by atoms with E-state index in [1.165, 1.54) is 4.68 Å². The topological polar surface area (TPSA) is 96.3 Å². The number of aromatic nitrogens is 2. The summed E-state index contributed by atoms with van der Waals surface area (Å²) in [6.45, 7) is 1.89. The molecule has 1 aliphatic rings. The van der Waals surface area contributed by atoms with Gasteiger partial charge in [-0.3, -0.25) is 14.2 Å². The summed E-state index contributed by atoms with van der Waals surface area (Å²) in [6.07, 6.45) is 2.03. The molecule has 37 heavy (non-hydrogen) atoms. The molecule has 2 heterocycles. The number of carbonyl (C=O) groups is 1. The van der Waals surface area contributed by atoms with Crippen LogP contribution < -0.4 is 10.0 Å². The first-order valence-corrected chi connectivity index (χ1v) is 13.6. The first kappa shape index (κ1) is 24.7. The molecule has 0 spiro atoms. The van der Waals surface area contributed by atoms with Gasteiger partial charge in [-0.15, -0.1) is 0 Å². The van der Waals surface area contributed by atoms with Crippen LogP contribution in [0.4, 0.5) is 5.69 Å². The molecule has 190 valence electrons. The first-order chi connectivity index (χ1) is 17.9. The number of sulfonamides is 1. The van der Waals surface area contributed by atoms with Crippen LogP contribution in [-0.2, 0) is 23.5 Å². The minimum Gasteiger partial charge on any atom is -0.335 e. The molecule has 1 atom stereocenters. The van der Waals surface area contributed by atoms with E-state index < -0.39 is 10.0 Å². The second-order valence-corrected chi connectivity index (χ2v) is 10.7. The number of aryl methyl sites for hydroxylation is 1. The summed E-state index contributed by atoms with van der Waals surface area (Å²) in [5.41, 5.74) is 3.65. The standard InChI is InChI=1S/C28H29N5O3S/c1-32-28(24(19-30-32)18-21-8-4-2-5-9-21)37(35,36)31-25-14-12-23(13-15-25)27(34)33-17-16-29-26(20-33)22-10-6-3-7-11-22/h2-15,19,26,29,31H,16-18,20H2,1H3. The molecule has 9 heteroatoms. The van der Waals surface area contributed by atoms with Gasteiger partial charge in [0.1, 0.15) is 0 Å². The zero-order valence-electron chi connectivity index (χ0n) is 20.5. The Balaban J connectivity index is 1.28. The molecule has 1 fully saturated rings. The van der Waals surface area contributed by atoms with Crippen LogP contribution >= 0.6 is 0 Å². The maximum atomic E-state index is 13.3. The van der Waals surface area contributed by atoms with Crippen molar-refractivity contribution in [1.29, 1.82) is 0 Å². The molecule has 0 bridgehead atoms. The molecule has 4 aromatic rings. The SMILES string of the molecule is Cn1ncc(Cc2ccccc2)c1S(=O)(=O)Nc1ccc(C(=O)N2CCNC(c3ccccc3)C2)cc1. The summed E-state index contributed by atoms with van der Waals surface area (Å²) in [5.74, 6) is -0.0754. The smallest absolute Gasteiger partial charge is 0.279 e. The third-order valence-corrected chi connectivity index (χ3v) is 8.04.